The molecule has 2 aromatic carbocycles. The Kier molecular flexibility index (Phi) is 7.55. The van der Waals surface area contributed by atoms with Gasteiger partial charge in [0, 0.05) is 38.1 Å². The van der Waals surface area contributed by atoms with Crippen LogP contribution < -0.4 is 14.9 Å². The monoisotopic (exact) mass is 482 g/mol. The Balaban J connectivity index is 1.63. The Morgan fingerprint density at radius 3 is 2.65 bits per heavy atom. The lowest BCUT2D eigenvalue weighted by Crippen LogP contribution is -2.44. The summed E-state index contributed by atoms with van der Waals surface area (Å²) < 4.78 is 26.9. The third-order valence-electron chi connectivity index (χ3n) is 5.99. The fourth-order valence-electron chi connectivity index (χ4n) is 4.18. The summed E-state index contributed by atoms with van der Waals surface area (Å²) in [5.74, 6) is 0. The highest BCUT2D eigenvalue weighted by Crippen LogP contribution is 2.33. The fraction of sp³-hybridized carbons (Fsp3) is 0.400. The van der Waals surface area contributed by atoms with E-state index in [2.05, 4.69) is 68.3 Å². The first-order valence-corrected chi connectivity index (χ1v) is 13.6. The number of hydrogen-bond acceptors (Lipinski definition) is 6. The molecule has 2 heterocycles. The van der Waals surface area contributed by atoms with E-state index < -0.39 is 10.0 Å². The van der Waals surface area contributed by atoms with Crippen molar-refractivity contribution in [1.29, 1.82) is 0 Å². The number of nitrogens with zero attached hydrogens (tertiary/aromatic N) is 3. The number of piperazine rings is 1. The van der Waals surface area contributed by atoms with Gasteiger partial charge >= 0.3 is 0 Å². The zero-order valence-electron chi connectivity index (χ0n) is 20.1. The van der Waals surface area contributed by atoms with Crippen molar-refractivity contribution in [2.75, 3.05) is 55.6 Å². The Labute approximate surface area is 202 Å². The highest BCUT2D eigenvalue weighted by atomic mass is 32.2. The Hall–Kier alpha value is -2.88. The summed E-state index contributed by atoms with van der Waals surface area (Å²) in [6.45, 7) is 7.54. The number of aromatic amines is 1. The average molecular weight is 483 g/mol. The van der Waals surface area contributed by atoms with Crippen LogP contribution in [-0.2, 0) is 16.6 Å². The number of sulfonamides is 1. The molecule has 0 amide bonds. The van der Waals surface area contributed by atoms with Crippen LogP contribution in [0.15, 0.2) is 36.4 Å². The molecule has 1 saturated heterocycles. The highest BCUT2D eigenvalue weighted by Gasteiger charge is 2.20. The molecule has 4 rings (SSSR count). The second kappa shape index (κ2) is 10.6. The number of nitrogens with one attached hydrogen (secondary N) is 3. The zero-order valence-corrected chi connectivity index (χ0v) is 21.0. The zero-order chi connectivity index (χ0) is 24.1. The standard InChI is InChI=1S/C25H34N6O2S/c1-4-10-26-18-20-7-5-6-19(15-20)8-9-22-21-16-24(29-34(3,32)33)25(17-23(21)28-27-22)31-13-11-30(2)12-14-31/h5-9,15-17,26,29H,4,10-14,18H2,1-3H3,(H,27,28)/b9-8+. The van der Waals surface area contributed by atoms with Crippen molar-refractivity contribution >= 4 is 44.5 Å². The van der Waals surface area contributed by atoms with Gasteiger partial charge in [-0.1, -0.05) is 37.3 Å². The number of rotatable bonds is 9. The molecule has 1 aliphatic rings. The fourth-order valence-corrected chi connectivity index (χ4v) is 4.75. The number of likely N-dealkylation sites (N-methyl/N-ethyl adjacent to an activating group) is 1. The van der Waals surface area contributed by atoms with E-state index in [4.69, 9.17) is 0 Å². The smallest absolute Gasteiger partial charge is 0.229 e. The van der Waals surface area contributed by atoms with Gasteiger partial charge in [-0.15, -0.1) is 0 Å². The van der Waals surface area contributed by atoms with Gasteiger partial charge in [-0.2, -0.15) is 5.10 Å². The maximum atomic E-state index is 12.1. The summed E-state index contributed by atoms with van der Waals surface area (Å²) in [6.07, 6.45) is 6.30. The van der Waals surface area contributed by atoms with Gasteiger partial charge < -0.3 is 15.1 Å². The molecule has 1 fully saturated rings. The first kappa shape index (κ1) is 24.3. The molecule has 0 bridgehead atoms. The molecular formula is C25H34N6O2S. The third kappa shape index (κ3) is 6.16. The maximum absolute atomic E-state index is 12.1. The number of aromatic nitrogens is 2. The van der Waals surface area contributed by atoms with Crippen molar-refractivity contribution < 1.29 is 8.42 Å². The molecule has 9 heteroatoms. The molecule has 0 spiro atoms. The topological polar surface area (TPSA) is 93.4 Å². The van der Waals surface area contributed by atoms with Crippen LogP contribution in [0, 0.1) is 0 Å². The number of anilines is 2. The van der Waals surface area contributed by atoms with Crippen LogP contribution >= 0.6 is 0 Å². The van der Waals surface area contributed by atoms with Crippen LogP contribution in [0.2, 0.25) is 0 Å². The second-order valence-electron chi connectivity index (χ2n) is 8.94. The van der Waals surface area contributed by atoms with E-state index in [1.54, 1.807) is 0 Å². The van der Waals surface area contributed by atoms with Crippen molar-refractivity contribution in [2.45, 2.75) is 19.9 Å². The first-order valence-electron chi connectivity index (χ1n) is 11.7. The van der Waals surface area contributed by atoms with Crippen molar-refractivity contribution in [2.24, 2.45) is 0 Å². The van der Waals surface area contributed by atoms with Crippen molar-refractivity contribution in [3.63, 3.8) is 0 Å². The van der Waals surface area contributed by atoms with E-state index in [0.717, 1.165) is 73.5 Å². The van der Waals surface area contributed by atoms with Crippen LogP contribution in [0.25, 0.3) is 23.1 Å². The Morgan fingerprint density at radius 2 is 1.91 bits per heavy atom. The molecular weight excluding hydrogens is 448 g/mol. The summed E-state index contributed by atoms with van der Waals surface area (Å²) >= 11 is 0. The lowest BCUT2D eigenvalue weighted by molar-refractivity contribution is 0.313. The minimum atomic E-state index is -3.43. The molecule has 34 heavy (non-hydrogen) atoms. The van der Waals surface area contributed by atoms with Gasteiger partial charge in [-0.05, 0) is 49.3 Å². The quantitative estimate of drug-likeness (QED) is 0.405. The molecule has 0 unspecified atom stereocenters. The van der Waals surface area contributed by atoms with E-state index in [-0.39, 0.29) is 0 Å². The Bertz CT molecular complexity index is 1260. The molecule has 182 valence electrons. The van der Waals surface area contributed by atoms with E-state index in [1.807, 2.05) is 24.3 Å². The maximum Gasteiger partial charge on any atom is 0.229 e. The third-order valence-corrected chi connectivity index (χ3v) is 6.58. The van der Waals surface area contributed by atoms with E-state index in [1.165, 1.54) is 11.8 Å². The number of H-pyrrole nitrogens is 1. The van der Waals surface area contributed by atoms with Gasteiger partial charge in [0.25, 0.3) is 0 Å². The highest BCUT2D eigenvalue weighted by molar-refractivity contribution is 7.92. The largest absolute Gasteiger partial charge is 0.367 e. The minimum Gasteiger partial charge on any atom is -0.367 e. The molecule has 0 aliphatic carbocycles. The lowest BCUT2D eigenvalue weighted by atomic mass is 10.1. The van der Waals surface area contributed by atoms with E-state index in [0.29, 0.717) is 5.69 Å². The van der Waals surface area contributed by atoms with E-state index >= 15 is 0 Å². The molecule has 0 atom stereocenters. The van der Waals surface area contributed by atoms with Gasteiger partial charge in [0.15, 0.2) is 0 Å². The summed E-state index contributed by atoms with van der Waals surface area (Å²) in [7, 11) is -1.33. The molecule has 1 aromatic heterocycles. The summed E-state index contributed by atoms with van der Waals surface area (Å²) in [4.78, 5) is 4.49. The van der Waals surface area contributed by atoms with Crippen molar-refractivity contribution in [1.82, 2.24) is 20.4 Å². The van der Waals surface area contributed by atoms with Crippen LogP contribution in [-0.4, -0.2) is 69.5 Å². The Morgan fingerprint density at radius 1 is 1.12 bits per heavy atom. The van der Waals surface area contributed by atoms with Crippen molar-refractivity contribution in [3.05, 3.63) is 53.2 Å². The molecule has 3 aromatic rings. The summed E-state index contributed by atoms with van der Waals surface area (Å²) in [6, 6.07) is 12.3. The molecule has 0 saturated carbocycles. The first-order chi connectivity index (χ1) is 16.3. The van der Waals surface area contributed by atoms with Gasteiger partial charge in [0.05, 0.1) is 28.8 Å². The SMILES string of the molecule is CCCNCc1cccc(/C=C/c2n[nH]c3cc(N4CCN(C)CC4)c(NS(C)(=O)=O)cc23)c1. The predicted octanol–water partition coefficient (Wildman–Crippen LogP) is 3.36. The number of fused-ring (bicyclic) bond motifs is 1. The molecule has 0 radical (unpaired) electrons. The van der Waals surface area contributed by atoms with Gasteiger partial charge in [-0.25, -0.2) is 8.42 Å². The van der Waals surface area contributed by atoms with E-state index in [9.17, 15) is 8.42 Å². The lowest BCUT2D eigenvalue weighted by Gasteiger charge is -2.35. The predicted molar refractivity (Wildman–Crippen MR) is 142 cm³/mol. The van der Waals surface area contributed by atoms with Crippen molar-refractivity contribution in [3.8, 4) is 0 Å². The van der Waals surface area contributed by atoms with Crippen LogP contribution in [0.5, 0.6) is 0 Å². The molecule has 8 nitrogen and oxygen atoms in total. The summed E-state index contributed by atoms with van der Waals surface area (Å²) in [5.41, 5.74) is 5.43. The molecule has 3 N–H and O–H groups in total. The number of benzene rings is 2. The van der Waals surface area contributed by atoms with Crippen LogP contribution in [0.1, 0.15) is 30.2 Å². The van der Waals surface area contributed by atoms with Gasteiger partial charge in [-0.3, -0.25) is 9.82 Å². The second-order valence-corrected chi connectivity index (χ2v) is 10.7. The van der Waals surface area contributed by atoms with Gasteiger partial charge in [0.2, 0.25) is 10.0 Å². The molecule has 1 aliphatic heterocycles. The number of hydrogen-bond donors (Lipinski definition) is 3. The minimum absolute atomic E-state index is 0.583. The average Bonchev–Trinajstić information content (AvgIpc) is 3.19. The summed E-state index contributed by atoms with van der Waals surface area (Å²) in [5, 5.41) is 11.9. The van der Waals surface area contributed by atoms with Crippen LogP contribution in [0.4, 0.5) is 11.4 Å². The van der Waals surface area contributed by atoms with Gasteiger partial charge in [0.1, 0.15) is 0 Å². The normalized spacial score (nSPS) is 15.4. The van der Waals surface area contributed by atoms with Crippen LogP contribution in [0.3, 0.4) is 0 Å².